The number of nitrogens with zero attached hydrogens (tertiary/aromatic N) is 3. The Morgan fingerprint density at radius 2 is 2.24 bits per heavy atom. The molecule has 1 radical (unpaired) electrons. The number of nitrogens with one attached hydrogen (secondary N) is 1. The molecule has 91 valence electrons. The van der Waals surface area contributed by atoms with Crippen molar-refractivity contribution >= 4 is 19.5 Å². The molecule has 1 aromatic rings. The molecule has 0 aliphatic rings. The monoisotopic (exact) mass is 235 g/mol. The molecular formula is C10H16BN4O2. The van der Waals surface area contributed by atoms with Crippen LogP contribution < -0.4 is 5.32 Å². The summed E-state index contributed by atoms with van der Waals surface area (Å²) in [6.45, 7) is 7.13. The third kappa shape index (κ3) is 4.71. The molecule has 1 N–H and O–H groups in total. The van der Waals surface area contributed by atoms with E-state index in [9.17, 15) is 4.79 Å². The number of hydrogen-bond acceptors (Lipinski definition) is 4. The van der Waals surface area contributed by atoms with Crippen LogP contribution >= 0.6 is 0 Å². The summed E-state index contributed by atoms with van der Waals surface area (Å²) in [5.41, 5.74) is -0.546. The first-order chi connectivity index (χ1) is 7.92. The van der Waals surface area contributed by atoms with Crippen molar-refractivity contribution in [1.82, 2.24) is 15.1 Å². The number of alkyl carbamates (subject to hydrolysis) is 1. The zero-order valence-electron chi connectivity index (χ0n) is 10.5. The van der Waals surface area contributed by atoms with Crippen molar-refractivity contribution in [1.29, 1.82) is 0 Å². The van der Waals surface area contributed by atoms with E-state index in [1.54, 1.807) is 53.5 Å². The maximum Gasteiger partial charge on any atom is 0.414 e. The van der Waals surface area contributed by atoms with Crippen LogP contribution in [0.25, 0.3) is 0 Å². The van der Waals surface area contributed by atoms with Crippen molar-refractivity contribution in [2.24, 2.45) is 4.90 Å². The fraction of sp³-hybridized carbons (Fsp3) is 0.500. The first-order valence-electron chi connectivity index (χ1n) is 5.28. The normalized spacial score (nSPS) is 12.1. The highest BCUT2D eigenvalue weighted by atomic mass is 16.6. The van der Waals surface area contributed by atoms with Gasteiger partial charge >= 0.3 is 6.09 Å². The first-order valence-corrected chi connectivity index (χ1v) is 5.28. The molecule has 1 heterocycles. The average Bonchev–Trinajstić information content (AvgIpc) is 2.66. The molecule has 0 spiro atoms. The molecule has 0 aromatic carbocycles. The van der Waals surface area contributed by atoms with E-state index in [0.29, 0.717) is 5.96 Å². The average molecular weight is 235 g/mol. The second-order valence-electron chi connectivity index (χ2n) is 4.29. The topological polar surface area (TPSA) is 68.5 Å². The number of aromatic nitrogens is 2. The zero-order valence-corrected chi connectivity index (χ0v) is 10.5. The van der Waals surface area contributed by atoms with Crippen molar-refractivity contribution in [2.75, 3.05) is 0 Å². The fourth-order valence-corrected chi connectivity index (χ4v) is 1.06. The highest BCUT2D eigenvalue weighted by Crippen LogP contribution is 2.06. The second kappa shape index (κ2) is 5.52. The molecule has 1 rings (SSSR count). The number of carbonyl (C=O) groups excluding carboxylic acids is 1. The maximum absolute atomic E-state index is 11.6. The predicted molar refractivity (Wildman–Crippen MR) is 66.0 cm³/mol. The number of ether oxygens (including phenoxy) is 1. The minimum Gasteiger partial charge on any atom is -0.444 e. The molecule has 1 aromatic heterocycles. The molecule has 0 saturated carbocycles. The van der Waals surface area contributed by atoms with Crippen LogP contribution in [0.1, 0.15) is 20.8 Å². The summed E-state index contributed by atoms with van der Waals surface area (Å²) in [6.07, 6.45) is 2.72. The van der Waals surface area contributed by atoms with Gasteiger partial charge in [0.1, 0.15) is 5.60 Å². The van der Waals surface area contributed by atoms with E-state index in [4.69, 9.17) is 4.74 Å². The smallest absolute Gasteiger partial charge is 0.414 e. The van der Waals surface area contributed by atoms with Crippen LogP contribution in [-0.2, 0) is 4.74 Å². The van der Waals surface area contributed by atoms with Gasteiger partial charge in [-0.15, -0.1) is 0 Å². The number of amides is 1. The zero-order chi connectivity index (χ0) is 12.9. The van der Waals surface area contributed by atoms with Crippen LogP contribution in [0, 0.1) is 0 Å². The molecular weight excluding hydrogens is 219 g/mol. The standard InChI is InChI=1S/C10H16BN4O2/c1-10(2,3)17-9(16)13-8(14-11-4)15-7-5-6-12-15/h5-7H,1-4H3,(H,13,14,16). The molecule has 0 bridgehead atoms. The van der Waals surface area contributed by atoms with E-state index in [2.05, 4.69) is 15.3 Å². The summed E-state index contributed by atoms with van der Waals surface area (Å²) < 4.78 is 6.58. The molecule has 0 fully saturated rings. The number of rotatable bonds is 1. The molecule has 0 unspecified atom stereocenters. The van der Waals surface area contributed by atoms with Gasteiger partial charge in [0.15, 0.2) is 0 Å². The SMILES string of the molecule is C[B]N=C(NC(=O)OC(C)(C)C)n1cccn1. The lowest BCUT2D eigenvalue weighted by Gasteiger charge is -2.20. The molecule has 1 amide bonds. The van der Waals surface area contributed by atoms with Gasteiger partial charge < -0.3 is 9.64 Å². The predicted octanol–water partition coefficient (Wildman–Crippen LogP) is 1.28. The third-order valence-corrected chi connectivity index (χ3v) is 1.59. The van der Waals surface area contributed by atoms with Crippen molar-refractivity contribution in [3.05, 3.63) is 18.5 Å². The summed E-state index contributed by atoms with van der Waals surface area (Å²) in [7, 11) is 1.56. The number of carbonyl (C=O) groups is 1. The summed E-state index contributed by atoms with van der Waals surface area (Å²) in [4.78, 5) is 15.6. The Balaban J connectivity index is 2.70. The highest BCUT2D eigenvalue weighted by molar-refractivity contribution is 6.34. The molecule has 0 atom stereocenters. The molecule has 0 aliphatic heterocycles. The van der Waals surface area contributed by atoms with Gasteiger partial charge in [0.2, 0.25) is 5.96 Å². The van der Waals surface area contributed by atoms with Gasteiger partial charge in [-0.2, -0.15) is 5.10 Å². The fourth-order valence-electron chi connectivity index (χ4n) is 1.06. The van der Waals surface area contributed by atoms with Crippen molar-refractivity contribution < 1.29 is 9.53 Å². The molecule has 6 nitrogen and oxygen atoms in total. The third-order valence-electron chi connectivity index (χ3n) is 1.59. The van der Waals surface area contributed by atoms with Crippen LogP contribution in [0.3, 0.4) is 0 Å². The van der Waals surface area contributed by atoms with Crippen LogP contribution in [0.15, 0.2) is 23.4 Å². The van der Waals surface area contributed by atoms with Gasteiger partial charge in [-0.3, -0.25) is 5.32 Å². The Bertz CT molecular complexity index is 395. The van der Waals surface area contributed by atoms with Gasteiger partial charge in [-0.05, 0) is 26.8 Å². The van der Waals surface area contributed by atoms with Gasteiger partial charge in [-0.1, -0.05) is 6.82 Å². The van der Waals surface area contributed by atoms with Gasteiger partial charge in [0.25, 0.3) is 7.41 Å². The van der Waals surface area contributed by atoms with Crippen LogP contribution in [-0.4, -0.2) is 34.8 Å². The van der Waals surface area contributed by atoms with E-state index in [1.165, 1.54) is 4.68 Å². The second-order valence-corrected chi connectivity index (χ2v) is 4.29. The van der Waals surface area contributed by atoms with Crippen molar-refractivity contribution in [3.63, 3.8) is 0 Å². The van der Waals surface area contributed by atoms with E-state index >= 15 is 0 Å². The Morgan fingerprint density at radius 3 is 2.71 bits per heavy atom. The summed E-state index contributed by atoms with van der Waals surface area (Å²) in [5.74, 6) is 0.298. The van der Waals surface area contributed by atoms with E-state index < -0.39 is 11.7 Å². The van der Waals surface area contributed by atoms with E-state index in [1.807, 2.05) is 0 Å². The van der Waals surface area contributed by atoms with Gasteiger partial charge in [-0.25, -0.2) is 9.48 Å². The molecule has 0 saturated heterocycles. The first kappa shape index (κ1) is 13.3. The van der Waals surface area contributed by atoms with Crippen LogP contribution in [0.2, 0.25) is 6.82 Å². The summed E-state index contributed by atoms with van der Waals surface area (Å²) >= 11 is 0. The van der Waals surface area contributed by atoms with Crippen LogP contribution in [0.5, 0.6) is 0 Å². The van der Waals surface area contributed by atoms with Crippen molar-refractivity contribution in [3.8, 4) is 0 Å². The van der Waals surface area contributed by atoms with E-state index in [0.717, 1.165) is 0 Å². The summed E-state index contributed by atoms with van der Waals surface area (Å²) in [5, 5.41) is 6.52. The summed E-state index contributed by atoms with van der Waals surface area (Å²) in [6, 6.07) is 1.74. The Hall–Kier alpha value is -1.79. The Morgan fingerprint density at radius 1 is 1.53 bits per heavy atom. The minimum atomic E-state index is -0.561. The maximum atomic E-state index is 11.6. The molecule has 7 heteroatoms. The lowest BCUT2D eigenvalue weighted by atomic mass is 10.0. The Kier molecular flexibility index (Phi) is 4.31. The minimum absolute atomic E-state index is 0.298. The largest absolute Gasteiger partial charge is 0.444 e. The quantitative estimate of drug-likeness (QED) is 0.452. The van der Waals surface area contributed by atoms with Crippen molar-refractivity contribution in [2.45, 2.75) is 33.2 Å². The molecule has 0 aliphatic carbocycles. The molecule has 17 heavy (non-hydrogen) atoms. The van der Waals surface area contributed by atoms with Gasteiger partial charge in [0, 0.05) is 12.4 Å². The highest BCUT2D eigenvalue weighted by Gasteiger charge is 2.17. The van der Waals surface area contributed by atoms with Gasteiger partial charge in [0.05, 0.1) is 0 Å². The van der Waals surface area contributed by atoms with E-state index in [-0.39, 0.29) is 0 Å². The Labute approximate surface area is 101 Å². The lowest BCUT2D eigenvalue weighted by Crippen LogP contribution is -2.40. The number of hydrogen-bond donors (Lipinski definition) is 1. The van der Waals surface area contributed by atoms with Crippen LogP contribution in [0.4, 0.5) is 4.79 Å². The lowest BCUT2D eigenvalue weighted by molar-refractivity contribution is 0.0561.